The summed E-state index contributed by atoms with van der Waals surface area (Å²) in [5.41, 5.74) is 0.199. The zero-order chi connectivity index (χ0) is 18.4. The van der Waals surface area contributed by atoms with E-state index in [2.05, 4.69) is 20.1 Å². The van der Waals surface area contributed by atoms with E-state index in [1.807, 2.05) is 0 Å². The number of hydrogen-bond acceptors (Lipinski definition) is 6. The molecule has 1 aliphatic rings. The van der Waals surface area contributed by atoms with Crippen LogP contribution >= 0.6 is 0 Å². The van der Waals surface area contributed by atoms with Crippen molar-refractivity contribution in [1.29, 1.82) is 0 Å². The molecule has 1 atom stereocenters. The number of sulfonamides is 1. The van der Waals surface area contributed by atoms with Crippen molar-refractivity contribution in [3.05, 3.63) is 23.1 Å². The summed E-state index contributed by atoms with van der Waals surface area (Å²) in [6.07, 6.45) is -4.21. The van der Waals surface area contributed by atoms with E-state index < -0.39 is 22.1 Å². The highest BCUT2D eigenvalue weighted by atomic mass is 32.2. The van der Waals surface area contributed by atoms with E-state index in [1.165, 1.54) is 18.4 Å². The predicted molar refractivity (Wildman–Crippen MR) is 77.9 cm³/mol. The maximum atomic E-state index is 12.9. The van der Waals surface area contributed by atoms with Gasteiger partial charge in [-0.15, -0.1) is 10.2 Å². The van der Waals surface area contributed by atoms with E-state index in [0.29, 0.717) is 5.82 Å². The standard InChI is InChI=1S/C13H16F3N5O3S/c1-7-12(8(2)24-20-7)25(22,23)17-5-11-19-18-10-4-3-9(6-21(10)11)13(14,15)16/h9,17H,3-6H2,1-2H3. The minimum atomic E-state index is -4.31. The fourth-order valence-electron chi connectivity index (χ4n) is 2.87. The van der Waals surface area contributed by atoms with Gasteiger partial charge in [0.1, 0.15) is 22.2 Å². The number of fused-ring (bicyclic) bond motifs is 1. The molecule has 0 saturated carbocycles. The molecule has 1 unspecified atom stereocenters. The van der Waals surface area contributed by atoms with Crippen molar-refractivity contribution in [3.8, 4) is 0 Å². The number of hydrogen-bond donors (Lipinski definition) is 1. The molecule has 2 aromatic rings. The minimum absolute atomic E-state index is 0.0492. The number of alkyl halides is 3. The molecule has 0 saturated heterocycles. The van der Waals surface area contributed by atoms with Crippen LogP contribution in [-0.2, 0) is 29.5 Å². The zero-order valence-electron chi connectivity index (χ0n) is 13.5. The van der Waals surface area contributed by atoms with Crippen LogP contribution in [0.4, 0.5) is 13.2 Å². The van der Waals surface area contributed by atoms with Crippen molar-refractivity contribution in [2.75, 3.05) is 0 Å². The molecule has 8 nitrogen and oxygen atoms in total. The van der Waals surface area contributed by atoms with Gasteiger partial charge in [-0.1, -0.05) is 5.16 Å². The molecule has 0 fully saturated rings. The molecule has 3 heterocycles. The smallest absolute Gasteiger partial charge is 0.360 e. The van der Waals surface area contributed by atoms with Crippen molar-refractivity contribution in [2.45, 2.75) is 50.9 Å². The largest absolute Gasteiger partial charge is 0.393 e. The van der Waals surface area contributed by atoms with Crippen LogP contribution in [0.2, 0.25) is 0 Å². The van der Waals surface area contributed by atoms with Crippen molar-refractivity contribution >= 4 is 10.0 Å². The predicted octanol–water partition coefficient (Wildman–Crippen LogP) is 1.49. The lowest BCUT2D eigenvalue weighted by Crippen LogP contribution is -2.34. The van der Waals surface area contributed by atoms with Crippen molar-refractivity contribution in [2.24, 2.45) is 5.92 Å². The SMILES string of the molecule is Cc1noc(C)c1S(=O)(=O)NCc1nnc2n1CC(C(F)(F)F)CC2. The number of halogens is 3. The zero-order valence-corrected chi connectivity index (χ0v) is 14.3. The third-order valence-corrected chi connectivity index (χ3v) is 5.79. The summed E-state index contributed by atoms with van der Waals surface area (Å²) >= 11 is 0. The van der Waals surface area contributed by atoms with Crippen LogP contribution in [0.1, 0.15) is 29.5 Å². The summed E-state index contributed by atoms with van der Waals surface area (Å²) in [6, 6.07) is 0. The quantitative estimate of drug-likeness (QED) is 0.863. The van der Waals surface area contributed by atoms with E-state index in [-0.39, 0.29) is 48.1 Å². The van der Waals surface area contributed by atoms with Crippen LogP contribution in [-0.4, -0.2) is 34.5 Å². The first-order chi connectivity index (χ1) is 11.6. The Bertz CT molecular complexity index is 868. The maximum absolute atomic E-state index is 12.9. The topological polar surface area (TPSA) is 103 Å². The van der Waals surface area contributed by atoms with Crippen molar-refractivity contribution < 1.29 is 26.1 Å². The second kappa shape index (κ2) is 6.09. The Hall–Kier alpha value is -1.95. The van der Waals surface area contributed by atoms with Crippen LogP contribution in [0.5, 0.6) is 0 Å². The second-order valence-electron chi connectivity index (χ2n) is 5.90. The number of aryl methyl sites for hydroxylation is 3. The van der Waals surface area contributed by atoms with Gasteiger partial charge in [-0.2, -0.15) is 13.2 Å². The first-order valence-electron chi connectivity index (χ1n) is 7.50. The van der Waals surface area contributed by atoms with E-state index in [1.54, 1.807) is 0 Å². The molecule has 1 N–H and O–H groups in total. The second-order valence-corrected chi connectivity index (χ2v) is 7.60. The molecule has 25 heavy (non-hydrogen) atoms. The molecule has 0 spiro atoms. The maximum Gasteiger partial charge on any atom is 0.393 e. The molecular weight excluding hydrogens is 363 g/mol. The summed E-state index contributed by atoms with van der Waals surface area (Å²) in [5.74, 6) is -0.800. The normalized spacial score (nSPS) is 18.4. The van der Waals surface area contributed by atoms with Gasteiger partial charge < -0.3 is 9.09 Å². The highest BCUT2D eigenvalue weighted by Gasteiger charge is 2.42. The summed E-state index contributed by atoms with van der Waals surface area (Å²) in [7, 11) is -3.93. The molecule has 1 aliphatic heterocycles. The fraction of sp³-hybridized carbons (Fsp3) is 0.615. The number of rotatable bonds is 4. The highest BCUT2D eigenvalue weighted by Crippen LogP contribution is 2.34. The van der Waals surface area contributed by atoms with E-state index in [4.69, 9.17) is 4.52 Å². The summed E-state index contributed by atoms with van der Waals surface area (Å²) in [6.45, 7) is 2.36. The molecule has 0 bridgehead atoms. The third kappa shape index (κ3) is 3.40. The Morgan fingerprint density at radius 3 is 2.64 bits per heavy atom. The molecule has 2 aromatic heterocycles. The van der Waals surface area contributed by atoms with Gasteiger partial charge >= 0.3 is 6.18 Å². The molecule has 0 aromatic carbocycles. The third-order valence-electron chi connectivity index (χ3n) is 4.14. The summed E-state index contributed by atoms with van der Waals surface area (Å²) < 4.78 is 72.0. The molecular formula is C13H16F3N5O3S. The minimum Gasteiger partial charge on any atom is -0.360 e. The summed E-state index contributed by atoms with van der Waals surface area (Å²) in [5, 5.41) is 11.3. The first kappa shape index (κ1) is 17.9. The van der Waals surface area contributed by atoms with Gasteiger partial charge in [0.15, 0.2) is 5.76 Å². The van der Waals surface area contributed by atoms with Crippen molar-refractivity contribution in [1.82, 2.24) is 24.6 Å². The van der Waals surface area contributed by atoms with Crippen LogP contribution in [0.25, 0.3) is 0 Å². The average molecular weight is 379 g/mol. The lowest BCUT2D eigenvalue weighted by Gasteiger charge is -2.26. The monoisotopic (exact) mass is 379 g/mol. The highest BCUT2D eigenvalue weighted by molar-refractivity contribution is 7.89. The molecule has 0 aliphatic carbocycles. The van der Waals surface area contributed by atoms with Gasteiger partial charge in [-0.3, -0.25) is 0 Å². The van der Waals surface area contributed by atoms with Gasteiger partial charge in [-0.25, -0.2) is 13.1 Å². The Kier molecular flexibility index (Phi) is 4.35. The average Bonchev–Trinajstić information content (AvgIpc) is 3.07. The fourth-order valence-corrected chi connectivity index (χ4v) is 4.18. The molecule has 3 rings (SSSR count). The first-order valence-corrected chi connectivity index (χ1v) is 8.98. The lowest BCUT2D eigenvalue weighted by atomic mass is 9.99. The molecule has 0 radical (unpaired) electrons. The van der Waals surface area contributed by atoms with Gasteiger partial charge in [0.2, 0.25) is 10.0 Å². The van der Waals surface area contributed by atoms with Crippen LogP contribution in [0.3, 0.4) is 0 Å². The van der Waals surface area contributed by atoms with Gasteiger partial charge in [0, 0.05) is 13.0 Å². The van der Waals surface area contributed by atoms with Gasteiger partial charge in [-0.05, 0) is 20.3 Å². The lowest BCUT2D eigenvalue weighted by molar-refractivity contribution is -0.182. The summed E-state index contributed by atoms with van der Waals surface area (Å²) in [4.78, 5) is -0.0842. The van der Waals surface area contributed by atoms with E-state index >= 15 is 0 Å². The van der Waals surface area contributed by atoms with Crippen LogP contribution < -0.4 is 4.72 Å². The van der Waals surface area contributed by atoms with Gasteiger partial charge in [0.05, 0.1) is 12.5 Å². The van der Waals surface area contributed by atoms with Crippen LogP contribution in [0.15, 0.2) is 9.42 Å². The Morgan fingerprint density at radius 1 is 1.32 bits per heavy atom. The Labute approximate surface area is 141 Å². The number of aromatic nitrogens is 4. The Morgan fingerprint density at radius 2 is 2.04 bits per heavy atom. The van der Waals surface area contributed by atoms with Crippen LogP contribution in [0, 0.1) is 19.8 Å². The molecule has 138 valence electrons. The number of nitrogens with zero attached hydrogens (tertiary/aromatic N) is 4. The van der Waals surface area contributed by atoms with Gasteiger partial charge in [0.25, 0.3) is 0 Å². The Balaban J connectivity index is 1.79. The van der Waals surface area contributed by atoms with E-state index in [9.17, 15) is 21.6 Å². The molecule has 0 amide bonds. The van der Waals surface area contributed by atoms with E-state index in [0.717, 1.165) is 0 Å². The van der Waals surface area contributed by atoms with Crippen molar-refractivity contribution in [3.63, 3.8) is 0 Å². The molecule has 12 heteroatoms. The number of nitrogens with one attached hydrogen (secondary N) is 1.